The Morgan fingerprint density at radius 3 is 1.22 bits per heavy atom. The maximum Gasteiger partial charge on any atom is 0.104 e. The van der Waals surface area contributed by atoms with Crippen LogP contribution in [0.1, 0.15) is 11.1 Å². The Balaban J connectivity index is 1.02. The predicted molar refractivity (Wildman–Crippen MR) is 430 cm³/mol. The second-order valence-electron chi connectivity index (χ2n) is 26.7. The predicted octanol–water partition coefficient (Wildman–Crippen LogP) is 25.9. The van der Waals surface area contributed by atoms with Gasteiger partial charge in [0.2, 0.25) is 0 Å². The molecular formula is C94H52N6S2. The van der Waals surface area contributed by atoms with Crippen molar-refractivity contribution in [1.29, 1.82) is 10.5 Å². The summed E-state index contributed by atoms with van der Waals surface area (Å²) in [6, 6.07) is 120. The second-order valence-corrected chi connectivity index (χ2v) is 28.8. The van der Waals surface area contributed by atoms with Crippen molar-refractivity contribution < 1.29 is 0 Å². The standard InChI is InChI=1S/C94H52N6S2/c95-53-76-88(98-80-40-18-12-33-65(80)66-34-13-19-41-81(66)98)90(100-83-52-57(75-51-56-25-4-5-27-59(56)60-28-8-9-30-62(60)75)45-46-67(83)71-47-48-72-68-35-14-20-43-84(68)101-93(72)91(71)100)77(54-96)87(97-78-38-16-10-31-63(78)64-32-11-17-39-79(64)97)89(76)99-82-42-22-37-70(61-29-7-6-26-58(61)55-23-2-1-3-24-55)86(82)74-50-49-73-69-36-15-21-44-85(69)102-94(73)92(74)99/h1-52H. The van der Waals surface area contributed by atoms with E-state index in [2.05, 4.69) is 346 Å². The molecule has 0 amide bonds. The van der Waals surface area contributed by atoms with Gasteiger partial charge in [-0.1, -0.05) is 261 Å². The minimum Gasteiger partial charge on any atom is -0.306 e. The molecule has 0 saturated carbocycles. The summed E-state index contributed by atoms with van der Waals surface area (Å²) in [4.78, 5) is 0. The Morgan fingerprint density at radius 2 is 0.637 bits per heavy atom. The molecule has 22 aromatic rings. The fraction of sp³-hybridized carbons (Fsp3) is 0. The highest BCUT2D eigenvalue weighted by atomic mass is 32.1. The summed E-state index contributed by atoms with van der Waals surface area (Å²) in [7, 11) is 0. The molecule has 0 unspecified atom stereocenters. The molecular weight excluding hydrogens is 1280 g/mol. The summed E-state index contributed by atoms with van der Waals surface area (Å²) in [6.45, 7) is 0. The largest absolute Gasteiger partial charge is 0.306 e. The van der Waals surface area contributed by atoms with Crippen molar-refractivity contribution >= 4 is 172 Å². The Bertz CT molecular complexity index is 7430. The van der Waals surface area contributed by atoms with Gasteiger partial charge in [-0.05, 0) is 110 Å². The highest BCUT2D eigenvalue weighted by Gasteiger charge is 2.36. The zero-order chi connectivity index (χ0) is 67.0. The van der Waals surface area contributed by atoms with E-state index in [1.165, 1.54) is 10.8 Å². The maximum absolute atomic E-state index is 13.7. The molecule has 0 fully saturated rings. The van der Waals surface area contributed by atoms with E-state index in [1.54, 1.807) is 22.7 Å². The molecule has 0 bridgehead atoms. The van der Waals surface area contributed by atoms with Crippen LogP contribution in [0, 0.1) is 22.7 Å². The van der Waals surface area contributed by atoms with E-state index in [0.717, 1.165) is 172 Å². The molecule has 6 aromatic heterocycles. The molecule has 0 saturated heterocycles. The van der Waals surface area contributed by atoms with Crippen molar-refractivity contribution in [3.63, 3.8) is 0 Å². The summed E-state index contributed by atoms with van der Waals surface area (Å²) in [6.07, 6.45) is 0. The van der Waals surface area contributed by atoms with Gasteiger partial charge in [-0.15, -0.1) is 22.7 Å². The molecule has 0 N–H and O–H groups in total. The first-order chi connectivity index (χ1) is 50.6. The topological polar surface area (TPSA) is 67.3 Å². The molecule has 0 aliphatic heterocycles. The second kappa shape index (κ2) is 21.6. The molecule has 0 spiro atoms. The average Bonchev–Trinajstić information content (AvgIpc) is 1.47. The first-order valence-electron chi connectivity index (χ1n) is 34.4. The molecule has 6 nitrogen and oxygen atoms in total. The summed E-state index contributed by atoms with van der Waals surface area (Å²) < 4.78 is 14.0. The number of fused-ring (bicyclic) bond motifs is 23. The van der Waals surface area contributed by atoms with E-state index in [1.807, 2.05) is 0 Å². The quantitative estimate of drug-likeness (QED) is 0.149. The zero-order valence-electron chi connectivity index (χ0n) is 54.5. The average molecular weight is 1330 g/mol. The molecule has 8 heteroatoms. The summed E-state index contributed by atoms with van der Waals surface area (Å²) in [5.74, 6) is 0. The lowest BCUT2D eigenvalue weighted by atomic mass is 9.92. The minimum atomic E-state index is 0.398. The van der Waals surface area contributed by atoms with Gasteiger partial charge in [0.05, 0.1) is 76.3 Å². The highest BCUT2D eigenvalue weighted by Crippen LogP contribution is 2.54. The van der Waals surface area contributed by atoms with Crippen LogP contribution in [0.3, 0.4) is 0 Å². The van der Waals surface area contributed by atoms with Crippen LogP contribution in [-0.2, 0) is 0 Å². The lowest BCUT2D eigenvalue weighted by Crippen LogP contribution is -2.16. The van der Waals surface area contributed by atoms with Crippen LogP contribution in [-0.4, -0.2) is 18.3 Å². The number of hydrogen-bond acceptors (Lipinski definition) is 4. The van der Waals surface area contributed by atoms with Gasteiger partial charge in [-0.2, -0.15) is 10.5 Å². The van der Waals surface area contributed by atoms with Crippen molar-refractivity contribution in [2.24, 2.45) is 0 Å². The van der Waals surface area contributed by atoms with Gasteiger partial charge in [0.15, 0.2) is 0 Å². The third kappa shape index (κ3) is 7.74. The maximum atomic E-state index is 13.7. The van der Waals surface area contributed by atoms with Crippen molar-refractivity contribution in [3.05, 3.63) is 327 Å². The molecule has 0 radical (unpaired) electrons. The minimum absolute atomic E-state index is 0.398. The van der Waals surface area contributed by atoms with Crippen LogP contribution >= 0.6 is 22.7 Å². The summed E-state index contributed by atoms with van der Waals surface area (Å²) >= 11 is 3.56. The molecule has 0 aliphatic carbocycles. The van der Waals surface area contributed by atoms with E-state index in [0.29, 0.717) is 33.9 Å². The first-order valence-corrected chi connectivity index (χ1v) is 36.1. The number of nitriles is 2. The van der Waals surface area contributed by atoms with E-state index >= 15 is 0 Å². The monoisotopic (exact) mass is 1330 g/mol. The number of hydrogen-bond donors (Lipinski definition) is 0. The highest BCUT2D eigenvalue weighted by molar-refractivity contribution is 7.27. The molecule has 16 aromatic carbocycles. The van der Waals surface area contributed by atoms with Crippen molar-refractivity contribution in [2.45, 2.75) is 0 Å². The Morgan fingerprint density at radius 1 is 0.235 bits per heavy atom. The van der Waals surface area contributed by atoms with E-state index in [-0.39, 0.29) is 0 Å². The molecule has 22 rings (SSSR count). The van der Waals surface area contributed by atoms with Crippen molar-refractivity contribution in [3.8, 4) is 68.3 Å². The number of aromatic nitrogens is 4. The van der Waals surface area contributed by atoms with Gasteiger partial charge in [-0.25, -0.2) is 0 Å². The van der Waals surface area contributed by atoms with Crippen LogP contribution < -0.4 is 0 Å². The SMILES string of the molecule is N#Cc1c(-n2c3ccccc3c3ccccc32)c(-n2c3cccc(-c4ccccc4-c4ccccc4)c3c3ccc4c5ccccc5sc4c32)c(C#N)c(-n2c3ccccc3c3ccccc32)c1-n1c2cc(-c3cc4ccccc4c4ccccc34)ccc2c2ccc3c4ccccc4sc3c21. The van der Waals surface area contributed by atoms with E-state index in [4.69, 9.17) is 0 Å². The normalized spacial score (nSPS) is 12.1. The fourth-order valence-electron chi connectivity index (χ4n) is 17.5. The molecule has 0 aliphatic rings. The fourth-order valence-corrected chi connectivity index (χ4v) is 19.9. The third-order valence-corrected chi connectivity index (χ3v) is 24.0. The number of rotatable bonds is 7. The van der Waals surface area contributed by atoms with Gasteiger partial charge < -0.3 is 18.3 Å². The number of nitrogens with zero attached hydrogens (tertiary/aromatic N) is 6. The van der Waals surface area contributed by atoms with Crippen LogP contribution in [0.4, 0.5) is 0 Å². The number of thiophene rings is 2. The van der Waals surface area contributed by atoms with Crippen molar-refractivity contribution in [1.82, 2.24) is 18.3 Å². The number of para-hydroxylation sites is 4. The molecule has 6 heterocycles. The zero-order valence-corrected chi connectivity index (χ0v) is 56.2. The van der Waals surface area contributed by atoms with Gasteiger partial charge in [-0.3, -0.25) is 0 Å². The van der Waals surface area contributed by atoms with E-state index in [9.17, 15) is 10.5 Å². The van der Waals surface area contributed by atoms with Gasteiger partial charge in [0, 0.05) is 74.0 Å². The number of benzene rings is 16. The first kappa shape index (κ1) is 56.7. The summed E-state index contributed by atoms with van der Waals surface area (Å²) in [5, 5.41) is 44.7. The van der Waals surface area contributed by atoms with Crippen LogP contribution in [0.25, 0.3) is 205 Å². The van der Waals surface area contributed by atoms with Gasteiger partial charge in [0.25, 0.3) is 0 Å². The van der Waals surface area contributed by atoms with Crippen LogP contribution in [0.15, 0.2) is 315 Å². The van der Waals surface area contributed by atoms with E-state index < -0.39 is 0 Å². The Hall–Kier alpha value is -13.3. The van der Waals surface area contributed by atoms with Crippen LogP contribution in [0.2, 0.25) is 0 Å². The van der Waals surface area contributed by atoms with Crippen molar-refractivity contribution in [2.75, 3.05) is 0 Å². The molecule has 470 valence electrons. The third-order valence-electron chi connectivity index (χ3n) is 21.6. The summed E-state index contributed by atoms with van der Waals surface area (Å²) in [5.41, 5.74) is 17.0. The lowest BCUT2D eigenvalue weighted by molar-refractivity contribution is 1.03. The molecule has 102 heavy (non-hydrogen) atoms. The Labute approximate surface area is 591 Å². The smallest absolute Gasteiger partial charge is 0.104 e. The Kier molecular flexibility index (Phi) is 12.0. The van der Waals surface area contributed by atoms with Gasteiger partial charge in [0.1, 0.15) is 23.3 Å². The lowest BCUT2D eigenvalue weighted by Gasteiger charge is -2.27. The molecule has 0 atom stereocenters. The van der Waals surface area contributed by atoms with Gasteiger partial charge >= 0.3 is 0 Å². The van der Waals surface area contributed by atoms with Crippen LogP contribution in [0.5, 0.6) is 0 Å².